The highest BCUT2D eigenvalue weighted by Crippen LogP contribution is 2.40. The Balaban J connectivity index is 1.89. The predicted octanol–water partition coefficient (Wildman–Crippen LogP) is 6.13. The highest BCUT2D eigenvalue weighted by molar-refractivity contribution is 9.10. The summed E-state index contributed by atoms with van der Waals surface area (Å²) in [6.45, 7) is 0. The molecule has 1 aromatic carbocycles. The molecule has 3 rings (SSSR count). The van der Waals surface area contributed by atoms with Crippen LogP contribution in [-0.4, -0.2) is 0 Å². The van der Waals surface area contributed by atoms with Crippen LogP contribution in [0, 0.1) is 17.6 Å². The minimum Gasteiger partial charge on any atom is -0.375 e. The normalized spacial score (nSPS) is 17.1. The van der Waals surface area contributed by atoms with Crippen LogP contribution in [0.1, 0.15) is 36.6 Å². The van der Waals surface area contributed by atoms with Gasteiger partial charge in [-0.1, -0.05) is 18.9 Å². The van der Waals surface area contributed by atoms with Crippen LogP contribution < -0.4 is 5.32 Å². The highest BCUT2D eigenvalue weighted by Gasteiger charge is 2.28. The smallest absolute Gasteiger partial charge is 0.147 e. The largest absolute Gasteiger partial charge is 0.375 e. The van der Waals surface area contributed by atoms with E-state index in [1.54, 1.807) is 11.3 Å². The molecule has 1 fully saturated rings. The maximum atomic E-state index is 14.1. The van der Waals surface area contributed by atoms with Gasteiger partial charge in [-0.2, -0.15) is 0 Å². The van der Waals surface area contributed by atoms with E-state index in [4.69, 9.17) is 0 Å². The predicted molar refractivity (Wildman–Crippen MR) is 86.7 cm³/mol. The molecule has 1 aliphatic rings. The standard InChI is InChI=1S/C16H16BrF2NS/c17-11-8-13(19)14(9-12(11)18)20-16(10-4-1-2-5-10)15-6-3-7-21-15/h3,6-10,16,20H,1-2,4-5H2. The zero-order valence-electron chi connectivity index (χ0n) is 11.4. The quantitative estimate of drug-likeness (QED) is 0.637. The summed E-state index contributed by atoms with van der Waals surface area (Å²) in [5, 5.41) is 5.26. The molecule has 1 nitrogen and oxygen atoms in total. The Hall–Kier alpha value is -0.940. The molecule has 1 unspecified atom stereocenters. The van der Waals surface area contributed by atoms with Gasteiger partial charge in [0, 0.05) is 10.9 Å². The van der Waals surface area contributed by atoms with Crippen LogP contribution in [-0.2, 0) is 0 Å². The molecule has 112 valence electrons. The maximum absolute atomic E-state index is 14.1. The summed E-state index contributed by atoms with van der Waals surface area (Å²) in [4.78, 5) is 1.18. The fourth-order valence-corrected chi connectivity index (χ4v) is 4.17. The number of halogens is 3. The van der Waals surface area contributed by atoms with E-state index >= 15 is 0 Å². The number of benzene rings is 1. The molecule has 0 bridgehead atoms. The van der Waals surface area contributed by atoms with Crippen LogP contribution in [0.4, 0.5) is 14.5 Å². The highest BCUT2D eigenvalue weighted by atomic mass is 79.9. The molecule has 1 heterocycles. The molecule has 5 heteroatoms. The molecule has 0 amide bonds. The molecule has 1 N–H and O–H groups in total. The third-order valence-electron chi connectivity index (χ3n) is 4.04. The van der Waals surface area contributed by atoms with Crippen LogP contribution in [0.2, 0.25) is 0 Å². The van der Waals surface area contributed by atoms with Gasteiger partial charge in [-0.15, -0.1) is 11.3 Å². The van der Waals surface area contributed by atoms with Crippen molar-refractivity contribution in [3.05, 3.63) is 50.6 Å². The Morgan fingerprint density at radius 1 is 1.19 bits per heavy atom. The van der Waals surface area contributed by atoms with E-state index < -0.39 is 11.6 Å². The average molecular weight is 372 g/mol. The molecule has 0 spiro atoms. The van der Waals surface area contributed by atoms with Gasteiger partial charge >= 0.3 is 0 Å². The van der Waals surface area contributed by atoms with E-state index in [9.17, 15) is 8.78 Å². The number of hydrogen-bond donors (Lipinski definition) is 1. The average Bonchev–Trinajstić information content (AvgIpc) is 3.14. The number of hydrogen-bond acceptors (Lipinski definition) is 2. The van der Waals surface area contributed by atoms with E-state index in [1.807, 2.05) is 11.4 Å². The van der Waals surface area contributed by atoms with Crippen molar-refractivity contribution in [2.45, 2.75) is 31.7 Å². The third kappa shape index (κ3) is 3.29. The first-order valence-corrected chi connectivity index (χ1v) is 8.77. The fourth-order valence-electron chi connectivity index (χ4n) is 2.98. The molecule has 0 radical (unpaired) electrons. The lowest BCUT2D eigenvalue weighted by molar-refractivity contribution is 0.472. The van der Waals surface area contributed by atoms with E-state index in [-0.39, 0.29) is 16.2 Å². The number of rotatable bonds is 4. The van der Waals surface area contributed by atoms with Crippen molar-refractivity contribution in [1.29, 1.82) is 0 Å². The molecule has 21 heavy (non-hydrogen) atoms. The third-order valence-corrected chi connectivity index (χ3v) is 5.61. The maximum Gasteiger partial charge on any atom is 0.147 e. The fraction of sp³-hybridized carbons (Fsp3) is 0.375. The molecule has 1 aliphatic carbocycles. The molecule has 0 saturated heterocycles. The first-order chi connectivity index (χ1) is 10.1. The summed E-state index contributed by atoms with van der Waals surface area (Å²) in [6.07, 6.45) is 4.70. The Kier molecular flexibility index (Phi) is 4.60. The van der Waals surface area contributed by atoms with Gasteiger partial charge < -0.3 is 5.32 Å². The van der Waals surface area contributed by atoms with Crippen LogP contribution in [0.5, 0.6) is 0 Å². The topological polar surface area (TPSA) is 12.0 Å². The molecule has 1 aromatic heterocycles. The first-order valence-electron chi connectivity index (χ1n) is 7.09. The van der Waals surface area contributed by atoms with Crippen molar-refractivity contribution >= 4 is 33.0 Å². The van der Waals surface area contributed by atoms with Crippen molar-refractivity contribution < 1.29 is 8.78 Å². The Morgan fingerprint density at radius 2 is 1.95 bits per heavy atom. The number of anilines is 1. The van der Waals surface area contributed by atoms with Gasteiger partial charge in [-0.3, -0.25) is 0 Å². The Labute approximate surface area is 135 Å². The van der Waals surface area contributed by atoms with Gasteiger partial charge in [0.15, 0.2) is 0 Å². The number of nitrogens with one attached hydrogen (secondary N) is 1. The van der Waals surface area contributed by atoms with Gasteiger partial charge in [0.05, 0.1) is 16.2 Å². The molecule has 1 saturated carbocycles. The lowest BCUT2D eigenvalue weighted by Crippen LogP contribution is -2.18. The second-order valence-corrected chi connectivity index (χ2v) is 7.26. The van der Waals surface area contributed by atoms with Crippen molar-refractivity contribution in [1.82, 2.24) is 0 Å². The lowest BCUT2D eigenvalue weighted by atomic mass is 9.96. The second-order valence-electron chi connectivity index (χ2n) is 5.43. The van der Waals surface area contributed by atoms with Crippen LogP contribution in [0.3, 0.4) is 0 Å². The van der Waals surface area contributed by atoms with Gasteiger partial charge in [0.1, 0.15) is 11.6 Å². The second kappa shape index (κ2) is 6.44. The summed E-state index contributed by atoms with van der Waals surface area (Å²) in [5.41, 5.74) is 0.237. The molecular weight excluding hydrogens is 356 g/mol. The molecule has 1 atom stereocenters. The summed E-state index contributed by atoms with van der Waals surface area (Å²) in [6, 6.07) is 6.53. The van der Waals surface area contributed by atoms with Crippen LogP contribution >= 0.6 is 27.3 Å². The number of thiophene rings is 1. The van der Waals surface area contributed by atoms with Crippen molar-refractivity contribution in [3.63, 3.8) is 0 Å². The SMILES string of the molecule is Fc1cc(NC(c2cccs2)C2CCCC2)c(F)cc1Br. The zero-order valence-corrected chi connectivity index (χ0v) is 13.8. The van der Waals surface area contributed by atoms with Crippen molar-refractivity contribution in [2.75, 3.05) is 5.32 Å². The van der Waals surface area contributed by atoms with Gasteiger partial charge in [0.25, 0.3) is 0 Å². The summed E-state index contributed by atoms with van der Waals surface area (Å²) >= 11 is 4.67. The minimum atomic E-state index is -0.449. The summed E-state index contributed by atoms with van der Waals surface area (Å²) in [5.74, 6) is -0.396. The minimum absolute atomic E-state index is 0.0579. The molecular formula is C16H16BrF2NS. The van der Waals surface area contributed by atoms with E-state index in [2.05, 4.69) is 27.3 Å². The Morgan fingerprint density at radius 3 is 2.62 bits per heavy atom. The van der Waals surface area contributed by atoms with Crippen molar-refractivity contribution in [3.8, 4) is 0 Å². The van der Waals surface area contributed by atoms with E-state index in [0.717, 1.165) is 12.8 Å². The van der Waals surface area contributed by atoms with E-state index in [1.165, 1.54) is 29.9 Å². The van der Waals surface area contributed by atoms with Gasteiger partial charge in [0.2, 0.25) is 0 Å². The molecule has 2 aromatic rings. The monoisotopic (exact) mass is 371 g/mol. The summed E-state index contributed by atoms with van der Waals surface area (Å²) in [7, 11) is 0. The Bertz CT molecular complexity index is 609. The summed E-state index contributed by atoms with van der Waals surface area (Å²) < 4.78 is 27.9. The zero-order chi connectivity index (χ0) is 14.8. The van der Waals surface area contributed by atoms with Gasteiger partial charge in [-0.25, -0.2) is 8.78 Å². The van der Waals surface area contributed by atoms with Crippen LogP contribution in [0.15, 0.2) is 34.1 Å². The molecule has 0 aliphatic heterocycles. The lowest BCUT2D eigenvalue weighted by Gasteiger charge is -2.25. The van der Waals surface area contributed by atoms with Crippen LogP contribution in [0.25, 0.3) is 0 Å². The van der Waals surface area contributed by atoms with E-state index in [0.29, 0.717) is 5.92 Å². The van der Waals surface area contributed by atoms with Crippen molar-refractivity contribution in [2.24, 2.45) is 5.92 Å². The van der Waals surface area contributed by atoms with Gasteiger partial charge in [-0.05, 0) is 52.2 Å². The first kappa shape index (κ1) is 15.0.